The normalized spacial score (nSPS) is 11.2. The van der Waals surface area contributed by atoms with Crippen LogP contribution in [0.1, 0.15) is 21.5 Å². The van der Waals surface area contributed by atoms with Gasteiger partial charge >= 0.3 is 6.18 Å². The van der Waals surface area contributed by atoms with Crippen LogP contribution >= 0.6 is 15.9 Å². The second kappa shape index (κ2) is 8.24. The summed E-state index contributed by atoms with van der Waals surface area (Å²) in [5.41, 5.74) is 0.429. The molecule has 0 heterocycles. The van der Waals surface area contributed by atoms with Gasteiger partial charge in [-0.15, -0.1) is 0 Å². The highest BCUT2D eigenvalue weighted by atomic mass is 79.9. The maximum Gasteiger partial charge on any atom is 0.416 e. The minimum atomic E-state index is -4.58. The standard InChI is InChI=1S/C21H15BrF4N2O/c1-12-9-15(23)6-8-18(12)28-19-10-13(21(24,25)26)5-7-17(19)20(29)27-16-4-2-3-14(22)11-16/h2-11,28H,1H3,(H,27,29). The lowest BCUT2D eigenvalue weighted by atomic mass is 10.1. The molecule has 0 atom stereocenters. The number of carbonyl (C=O) groups excluding carboxylic acids is 1. The Morgan fingerprint density at radius 3 is 2.38 bits per heavy atom. The average Bonchev–Trinajstić information content (AvgIpc) is 2.63. The fourth-order valence-corrected chi connectivity index (χ4v) is 3.10. The van der Waals surface area contributed by atoms with Crippen LogP contribution in [0.15, 0.2) is 65.1 Å². The van der Waals surface area contributed by atoms with Crippen LogP contribution in [-0.4, -0.2) is 5.91 Å². The summed E-state index contributed by atoms with van der Waals surface area (Å²) in [5, 5.41) is 5.48. The predicted octanol–water partition coefficient (Wildman–Crippen LogP) is 6.91. The highest BCUT2D eigenvalue weighted by molar-refractivity contribution is 9.10. The van der Waals surface area contributed by atoms with Gasteiger partial charge in [0.15, 0.2) is 0 Å². The maximum absolute atomic E-state index is 13.3. The molecule has 0 aliphatic carbocycles. The molecule has 8 heteroatoms. The number of halogens is 5. The van der Waals surface area contributed by atoms with Gasteiger partial charge in [0, 0.05) is 15.8 Å². The van der Waals surface area contributed by atoms with Gasteiger partial charge in [-0.2, -0.15) is 13.2 Å². The first-order valence-electron chi connectivity index (χ1n) is 8.45. The molecule has 150 valence electrons. The van der Waals surface area contributed by atoms with Crippen molar-refractivity contribution in [1.29, 1.82) is 0 Å². The first-order valence-corrected chi connectivity index (χ1v) is 9.24. The Kier molecular flexibility index (Phi) is 5.93. The summed E-state index contributed by atoms with van der Waals surface area (Å²) in [5.74, 6) is -1.05. The van der Waals surface area contributed by atoms with Crippen molar-refractivity contribution in [3.8, 4) is 0 Å². The molecule has 3 rings (SSSR count). The van der Waals surface area contributed by atoms with Crippen LogP contribution in [0.25, 0.3) is 0 Å². The molecule has 3 aromatic carbocycles. The Hall–Kier alpha value is -2.87. The molecule has 0 bridgehead atoms. The monoisotopic (exact) mass is 466 g/mol. The van der Waals surface area contributed by atoms with E-state index in [4.69, 9.17) is 0 Å². The number of alkyl halides is 3. The molecule has 0 saturated carbocycles. The highest BCUT2D eigenvalue weighted by Gasteiger charge is 2.31. The van der Waals surface area contributed by atoms with Crippen molar-refractivity contribution in [3.63, 3.8) is 0 Å². The topological polar surface area (TPSA) is 41.1 Å². The van der Waals surface area contributed by atoms with Crippen molar-refractivity contribution < 1.29 is 22.4 Å². The summed E-state index contributed by atoms with van der Waals surface area (Å²) >= 11 is 3.29. The molecule has 0 spiro atoms. The van der Waals surface area contributed by atoms with E-state index in [1.54, 1.807) is 31.2 Å². The summed E-state index contributed by atoms with van der Waals surface area (Å²) in [7, 11) is 0. The molecule has 29 heavy (non-hydrogen) atoms. The molecule has 0 unspecified atom stereocenters. The SMILES string of the molecule is Cc1cc(F)ccc1Nc1cc(C(F)(F)F)ccc1C(=O)Nc1cccc(Br)c1. The second-order valence-corrected chi connectivity index (χ2v) is 7.22. The van der Waals surface area contributed by atoms with Crippen LogP contribution < -0.4 is 10.6 Å². The summed E-state index contributed by atoms with van der Waals surface area (Å²) in [4.78, 5) is 12.7. The molecule has 0 aromatic heterocycles. The first-order chi connectivity index (χ1) is 13.6. The summed E-state index contributed by atoms with van der Waals surface area (Å²) < 4.78 is 53.6. The lowest BCUT2D eigenvalue weighted by Gasteiger charge is -2.16. The number of aryl methyl sites for hydroxylation is 1. The van der Waals surface area contributed by atoms with Gasteiger partial charge in [0.05, 0.1) is 16.8 Å². The van der Waals surface area contributed by atoms with E-state index in [0.29, 0.717) is 16.9 Å². The molecule has 0 aliphatic heterocycles. The molecule has 0 aliphatic rings. The number of nitrogens with one attached hydrogen (secondary N) is 2. The molecule has 2 N–H and O–H groups in total. The number of hydrogen-bond acceptors (Lipinski definition) is 2. The van der Waals surface area contributed by atoms with E-state index < -0.39 is 23.5 Å². The van der Waals surface area contributed by atoms with Crippen LogP contribution in [-0.2, 0) is 6.18 Å². The third-order valence-electron chi connectivity index (χ3n) is 4.13. The molecule has 3 nitrogen and oxygen atoms in total. The Morgan fingerprint density at radius 2 is 1.72 bits per heavy atom. The van der Waals surface area contributed by atoms with Crippen molar-refractivity contribution in [2.45, 2.75) is 13.1 Å². The molecular formula is C21H15BrF4N2O. The largest absolute Gasteiger partial charge is 0.416 e. The van der Waals surface area contributed by atoms with Gasteiger partial charge in [0.1, 0.15) is 5.82 Å². The van der Waals surface area contributed by atoms with Crippen molar-refractivity contribution in [2.24, 2.45) is 0 Å². The number of carbonyl (C=O) groups is 1. The number of hydrogen-bond donors (Lipinski definition) is 2. The van der Waals surface area contributed by atoms with Crippen molar-refractivity contribution in [2.75, 3.05) is 10.6 Å². The van der Waals surface area contributed by atoms with E-state index in [0.717, 1.165) is 22.7 Å². The van der Waals surface area contributed by atoms with E-state index in [-0.39, 0.29) is 11.3 Å². The lowest BCUT2D eigenvalue weighted by Crippen LogP contribution is -2.15. The Labute approximate surface area is 172 Å². The fourth-order valence-electron chi connectivity index (χ4n) is 2.70. The van der Waals surface area contributed by atoms with E-state index in [1.807, 2.05) is 0 Å². The van der Waals surface area contributed by atoms with Gasteiger partial charge in [0.2, 0.25) is 0 Å². The lowest BCUT2D eigenvalue weighted by molar-refractivity contribution is -0.137. The zero-order valence-corrected chi connectivity index (χ0v) is 16.7. The Morgan fingerprint density at radius 1 is 0.966 bits per heavy atom. The van der Waals surface area contributed by atoms with E-state index in [9.17, 15) is 22.4 Å². The fraction of sp³-hybridized carbons (Fsp3) is 0.0952. The second-order valence-electron chi connectivity index (χ2n) is 6.31. The average molecular weight is 467 g/mol. The number of anilines is 3. The maximum atomic E-state index is 13.3. The quantitative estimate of drug-likeness (QED) is 0.410. The number of benzene rings is 3. The van der Waals surface area contributed by atoms with E-state index in [1.165, 1.54) is 18.2 Å². The van der Waals surface area contributed by atoms with Gasteiger partial charge in [-0.25, -0.2) is 4.39 Å². The molecule has 0 fully saturated rings. The van der Waals surface area contributed by atoms with Crippen molar-refractivity contribution in [1.82, 2.24) is 0 Å². The van der Waals surface area contributed by atoms with Crippen LogP contribution in [0.2, 0.25) is 0 Å². The van der Waals surface area contributed by atoms with Crippen LogP contribution in [0.5, 0.6) is 0 Å². The summed E-state index contributed by atoms with van der Waals surface area (Å²) in [6.07, 6.45) is -4.58. The zero-order chi connectivity index (χ0) is 21.2. The van der Waals surface area contributed by atoms with Gasteiger partial charge in [0.25, 0.3) is 5.91 Å². The number of rotatable bonds is 4. The number of amides is 1. The molecule has 1 amide bonds. The van der Waals surface area contributed by atoms with Crippen molar-refractivity contribution in [3.05, 3.63) is 87.6 Å². The minimum absolute atomic E-state index is 0.0155. The van der Waals surface area contributed by atoms with Crippen molar-refractivity contribution >= 4 is 38.9 Å². The first kappa shape index (κ1) is 20.9. The van der Waals surface area contributed by atoms with Crippen LogP contribution in [0.4, 0.5) is 34.6 Å². The van der Waals surface area contributed by atoms with Gasteiger partial charge in [-0.1, -0.05) is 22.0 Å². The van der Waals surface area contributed by atoms with E-state index >= 15 is 0 Å². The van der Waals surface area contributed by atoms with Crippen LogP contribution in [0.3, 0.4) is 0 Å². The van der Waals surface area contributed by atoms with Crippen LogP contribution in [0, 0.1) is 12.7 Å². The third kappa shape index (κ3) is 5.14. The molecular weight excluding hydrogens is 452 g/mol. The Bertz CT molecular complexity index is 1070. The summed E-state index contributed by atoms with van der Waals surface area (Å²) in [6, 6.07) is 13.5. The Balaban J connectivity index is 2.00. The van der Waals surface area contributed by atoms with Gasteiger partial charge < -0.3 is 10.6 Å². The highest BCUT2D eigenvalue weighted by Crippen LogP contribution is 2.34. The molecule has 0 radical (unpaired) electrons. The van der Waals surface area contributed by atoms with E-state index in [2.05, 4.69) is 26.6 Å². The zero-order valence-electron chi connectivity index (χ0n) is 15.1. The smallest absolute Gasteiger partial charge is 0.355 e. The minimum Gasteiger partial charge on any atom is -0.355 e. The molecule has 3 aromatic rings. The van der Waals surface area contributed by atoms with Gasteiger partial charge in [-0.3, -0.25) is 4.79 Å². The molecule has 0 saturated heterocycles. The third-order valence-corrected chi connectivity index (χ3v) is 4.63. The van der Waals surface area contributed by atoms with Gasteiger partial charge in [-0.05, 0) is 67.1 Å². The summed E-state index contributed by atoms with van der Waals surface area (Å²) in [6.45, 7) is 1.61. The predicted molar refractivity (Wildman–Crippen MR) is 108 cm³/mol.